The maximum absolute atomic E-state index is 13.8. The fourth-order valence-electron chi connectivity index (χ4n) is 5.05. The highest BCUT2D eigenvalue weighted by Gasteiger charge is 2.30. The number of aromatic amines is 1. The van der Waals surface area contributed by atoms with E-state index in [1.165, 1.54) is 37.4 Å². The topological polar surface area (TPSA) is 246 Å². The molecule has 0 aliphatic heterocycles. The Kier molecular flexibility index (Phi) is 12.8. The van der Waals surface area contributed by atoms with Gasteiger partial charge >= 0.3 is 19.5 Å². The minimum absolute atomic E-state index is 0.00286. The lowest BCUT2D eigenvalue weighted by Gasteiger charge is -2.25. The number of benzene rings is 3. The summed E-state index contributed by atoms with van der Waals surface area (Å²) in [5.41, 5.74) is 0.483. The third kappa shape index (κ3) is 11.9. The zero-order valence-corrected chi connectivity index (χ0v) is 28.1. The second kappa shape index (κ2) is 17.2. The summed E-state index contributed by atoms with van der Waals surface area (Å²) in [4.78, 5) is 97.1. The summed E-state index contributed by atoms with van der Waals surface area (Å²) >= 11 is 0. The third-order valence-electron chi connectivity index (χ3n) is 7.55. The molecule has 0 aliphatic carbocycles. The van der Waals surface area contributed by atoms with Gasteiger partial charge in [0.15, 0.2) is 0 Å². The Morgan fingerprint density at radius 2 is 1.22 bits per heavy atom. The number of nitrogens with one attached hydrogen (secondary N) is 4. The van der Waals surface area contributed by atoms with E-state index in [1.807, 2.05) is 0 Å². The molecule has 1 heterocycles. The Bertz CT molecular complexity index is 2010. The van der Waals surface area contributed by atoms with Gasteiger partial charge < -0.3 is 25.6 Å². The van der Waals surface area contributed by atoms with E-state index in [9.17, 15) is 38.4 Å². The summed E-state index contributed by atoms with van der Waals surface area (Å²) in [7, 11) is -4.81. The number of hydrogen-bond acceptors (Lipinski definition) is 8. The van der Waals surface area contributed by atoms with Crippen molar-refractivity contribution >= 4 is 31.5 Å². The maximum Gasteiger partial charge on any atom is 0.524 e. The number of aromatic nitrogens is 2. The molecule has 0 spiro atoms. The van der Waals surface area contributed by atoms with Gasteiger partial charge in [0, 0.05) is 31.0 Å². The number of carboxylic acids is 1. The molecule has 3 atom stereocenters. The first-order valence-electron chi connectivity index (χ1n) is 15.5. The van der Waals surface area contributed by atoms with Gasteiger partial charge in [0.2, 0.25) is 17.7 Å². The van der Waals surface area contributed by atoms with Crippen LogP contribution in [0.15, 0.2) is 101 Å². The number of nitrogens with zero attached hydrogens (tertiary/aromatic N) is 1. The maximum atomic E-state index is 13.8. The van der Waals surface area contributed by atoms with Crippen molar-refractivity contribution in [1.29, 1.82) is 0 Å². The van der Waals surface area contributed by atoms with E-state index in [0.717, 1.165) is 4.57 Å². The first-order valence-corrected chi connectivity index (χ1v) is 17.0. The molecule has 1 aromatic heterocycles. The van der Waals surface area contributed by atoms with Crippen molar-refractivity contribution in [3.8, 4) is 5.75 Å². The van der Waals surface area contributed by atoms with Crippen LogP contribution in [0.4, 0.5) is 0 Å². The molecule has 17 heteroatoms. The van der Waals surface area contributed by atoms with Crippen LogP contribution in [0.2, 0.25) is 0 Å². The average molecular weight is 722 g/mol. The lowest BCUT2D eigenvalue weighted by molar-refractivity contribution is -0.142. The van der Waals surface area contributed by atoms with Crippen LogP contribution in [-0.2, 0) is 49.6 Å². The smallest absolute Gasteiger partial charge is 0.480 e. The van der Waals surface area contributed by atoms with Crippen LogP contribution in [0.3, 0.4) is 0 Å². The number of rotatable bonds is 16. The Morgan fingerprint density at radius 3 is 1.73 bits per heavy atom. The summed E-state index contributed by atoms with van der Waals surface area (Å²) in [6.07, 6.45) is 0.949. The van der Waals surface area contributed by atoms with Gasteiger partial charge in [-0.05, 0) is 35.7 Å². The Labute approximate surface area is 290 Å². The predicted molar refractivity (Wildman–Crippen MR) is 183 cm³/mol. The Morgan fingerprint density at radius 1 is 0.745 bits per heavy atom. The lowest BCUT2D eigenvalue weighted by Crippen LogP contribution is -2.57. The first-order chi connectivity index (χ1) is 24.2. The number of hydrogen-bond donors (Lipinski definition) is 7. The Balaban J connectivity index is 1.55. The highest BCUT2D eigenvalue weighted by atomic mass is 31.2. The molecule has 4 rings (SSSR count). The molecule has 0 saturated heterocycles. The molecular weight excluding hydrogens is 685 g/mol. The molecule has 3 aromatic carbocycles. The second-order valence-corrected chi connectivity index (χ2v) is 12.8. The number of phosphoric ester groups is 1. The van der Waals surface area contributed by atoms with Crippen LogP contribution in [0.5, 0.6) is 5.75 Å². The van der Waals surface area contributed by atoms with E-state index >= 15 is 0 Å². The van der Waals surface area contributed by atoms with Gasteiger partial charge in [0.1, 0.15) is 30.4 Å². The lowest BCUT2D eigenvalue weighted by atomic mass is 10.0. The van der Waals surface area contributed by atoms with Gasteiger partial charge in [-0.25, -0.2) is 14.2 Å². The largest absolute Gasteiger partial charge is 0.524 e. The number of carboxylic acid groups (broad SMARTS) is 1. The van der Waals surface area contributed by atoms with Crippen LogP contribution in [-0.4, -0.2) is 66.3 Å². The van der Waals surface area contributed by atoms with Crippen LogP contribution in [0.25, 0.3) is 0 Å². The molecule has 3 unspecified atom stereocenters. The summed E-state index contributed by atoms with van der Waals surface area (Å²) in [6, 6.07) is 18.6. The molecule has 7 N–H and O–H groups in total. The van der Waals surface area contributed by atoms with Gasteiger partial charge in [-0.3, -0.25) is 38.5 Å². The van der Waals surface area contributed by atoms with Gasteiger partial charge in [-0.15, -0.1) is 0 Å². The van der Waals surface area contributed by atoms with Crippen molar-refractivity contribution in [3.05, 3.63) is 134 Å². The van der Waals surface area contributed by atoms with Gasteiger partial charge in [0.25, 0.3) is 5.56 Å². The van der Waals surface area contributed by atoms with Crippen LogP contribution in [0.1, 0.15) is 22.3 Å². The van der Waals surface area contributed by atoms with Gasteiger partial charge in [-0.2, -0.15) is 0 Å². The minimum Gasteiger partial charge on any atom is -0.480 e. The average Bonchev–Trinajstić information content (AvgIpc) is 3.07. The molecule has 51 heavy (non-hydrogen) atoms. The van der Waals surface area contributed by atoms with Crippen molar-refractivity contribution in [2.45, 2.75) is 50.9 Å². The van der Waals surface area contributed by atoms with Crippen molar-refractivity contribution < 1.29 is 43.2 Å². The number of aryl methyl sites for hydroxylation is 1. The van der Waals surface area contributed by atoms with Gasteiger partial charge in [-0.1, -0.05) is 72.8 Å². The molecular formula is C34H36N5O11P. The fraction of sp³-hybridized carbons (Fsp3) is 0.235. The van der Waals surface area contributed by atoms with Crippen molar-refractivity contribution in [3.63, 3.8) is 0 Å². The van der Waals surface area contributed by atoms with Crippen molar-refractivity contribution in [1.82, 2.24) is 25.5 Å². The van der Waals surface area contributed by atoms with E-state index in [2.05, 4.69) is 25.5 Å². The number of H-pyrrole nitrogens is 1. The zero-order valence-electron chi connectivity index (χ0n) is 27.2. The summed E-state index contributed by atoms with van der Waals surface area (Å²) in [6.45, 7) is 0.946. The van der Waals surface area contributed by atoms with E-state index < -0.39 is 67.4 Å². The number of amides is 3. The molecule has 0 fully saturated rings. The highest BCUT2D eigenvalue weighted by Crippen LogP contribution is 2.37. The molecule has 4 aromatic rings. The molecule has 0 radical (unpaired) electrons. The van der Waals surface area contributed by atoms with E-state index in [1.54, 1.807) is 60.7 Å². The zero-order chi connectivity index (χ0) is 37.1. The third-order valence-corrected chi connectivity index (χ3v) is 8.00. The monoisotopic (exact) mass is 721 g/mol. The SMILES string of the molecule is Cc1cn(CC(=O)NC(Cc2ccccc2)C(=O)NC(Cc2ccccc2)C(=O)NC(Cc2ccc(OP(=O)(O)O)cc2)C(=O)O)c(=O)[nH]c1=O. The molecule has 0 saturated carbocycles. The van der Waals surface area contributed by atoms with Crippen LogP contribution in [0, 0.1) is 6.92 Å². The standard InChI is InChI=1S/C34H36N5O11P/c1-21-19-39(34(46)38-30(21)41)20-29(40)35-26(16-22-8-4-2-5-9-22)31(42)36-27(17-23-10-6-3-7-11-23)32(43)37-28(33(44)45)18-24-12-14-25(15-13-24)50-51(47,48)49/h2-15,19,26-28H,16-18,20H2,1H3,(H,35,40)(H,36,42)(H,37,43)(H,44,45)(H,38,41,46)(H2,47,48,49). The van der Waals surface area contributed by atoms with Crippen molar-refractivity contribution in [2.75, 3.05) is 0 Å². The summed E-state index contributed by atoms with van der Waals surface area (Å²) in [5, 5.41) is 17.7. The summed E-state index contributed by atoms with van der Waals surface area (Å²) in [5.74, 6) is -3.86. The normalized spacial score (nSPS) is 12.9. The quantitative estimate of drug-likeness (QED) is 0.0789. The first kappa shape index (κ1) is 38.0. The van der Waals surface area contributed by atoms with Crippen LogP contribution < -0.4 is 31.7 Å². The highest BCUT2D eigenvalue weighted by molar-refractivity contribution is 7.46. The minimum atomic E-state index is -4.81. The second-order valence-electron chi connectivity index (χ2n) is 11.6. The fourth-order valence-corrected chi connectivity index (χ4v) is 5.45. The molecule has 16 nitrogen and oxygen atoms in total. The number of phosphoric acid groups is 1. The summed E-state index contributed by atoms with van der Waals surface area (Å²) < 4.78 is 16.6. The Hall–Kier alpha value is -5.83. The van der Waals surface area contributed by atoms with Gasteiger partial charge in [0.05, 0.1) is 0 Å². The van der Waals surface area contributed by atoms with E-state index in [-0.39, 0.29) is 30.6 Å². The molecule has 0 aliphatic rings. The number of carbonyl (C=O) groups excluding carboxylic acids is 3. The van der Waals surface area contributed by atoms with E-state index in [4.69, 9.17) is 9.79 Å². The molecule has 3 amide bonds. The van der Waals surface area contributed by atoms with Crippen molar-refractivity contribution in [2.24, 2.45) is 0 Å². The number of aliphatic carboxylic acids is 1. The number of carbonyl (C=O) groups is 4. The van der Waals surface area contributed by atoms with Crippen LogP contribution >= 0.6 is 7.82 Å². The predicted octanol–water partition coefficient (Wildman–Crippen LogP) is 0.584. The van der Waals surface area contributed by atoms with E-state index in [0.29, 0.717) is 16.7 Å². The molecule has 0 bridgehead atoms. The molecule has 268 valence electrons.